The Morgan fingerprint density at radius 2 is 1.50 bits per heavy atom. The molecule has 0 fully saturated rings. The monoisotopic (exact) mass is 510 g/mol. The third kappa shape index (κ3) is 3.62. The first kappa shape index (κ1) is 21.3. The molecular weight excluding hydrogens is 495 g/mol. The second kappa shape index (κ2) is 8.97. The quantitative estimate of drug-likeness (QED) is 0.292. The van der Waals surface area contributed by atoms with E-state index >= 15 is 0 Å². The minimum atomic E-state index is -0.512. The molecule has 0 unspecified atom stereocenters. The van der Waals surface area contributed by atoms with E-state index in [9.17, 15) is 14.4 Å². The molecule has 0 saturated heterocycles. The standard InChI is InChI=1S/C21H12INO4.C2H3N/c1-27-21(26)14-9-5-2-6-11(14)16-15(22)10-23-18-17(16)19(24)12-7-3-4-8-13(12)20(18)25;1-2-3/h2-10H,1H3;1H3. The topological polar surface area (TPSA) is 97.1 Å². The van der Waals surface area contributed by atoms with Crippen LogP contribution in [0.15, 0.2) is 54.7 Å². The number of rotatable bonds is 2. The largest absolute Gasteiger partial charge is 0.465 e. The molecule has 0 bridgehead atoms. The van der Waals surface area contributed by atoms with Crippen LogP contribution >= 0.6 is 22.6 Å². The molecule has 148 valence electrons. The number of carbonyl (C=O) groups is 3. The van der Waals surface area contributed by atoms with Gasteiger partial charge in [-0.25, -0.2) is 4.79 Å². The Hall–Kier alpha value is -3.38. The molecule has 3 aromatic rings. The van der Waals surface area contributed by atoms with Crippen LogP contribution in [0.2, 0.25) is 0 Å². The number of hydrogen-bond acceptors (Lipinski definition) is 6. The van der Waals surface area contributed by atoms with Crippen LogP contribution in [0.1, 0.15) is 49.3 Å². The Labute approximate surface area is 186 Å². The second-order valence-corrected chi connectivity index (χ2v) is 7.33. The third-order valence-electron chi connectivity index (χ3n) is 4.49. The van der Waals surface area contributed by atoms with Crippen molar-refractivity contribution in [3.05, 3.63) is 86.2 Å². The van der Waals surface area contributed by atoms with Crippen LogP contribution < -0.4 is 0 Å². The second-order valence-electron chi connectivity index (χ2n) is 6.17. The number of pyridine rings is 1. The van der Waals surface area contributed by atoms with Crippen LogP contribution in [0.3, 0.4) is 0 Å². The number of benzene rings is 2. The predicted molar refractivity (Wildman–Crippen MR) is 118 cm³/mol. The van der Waals surface area contributed by atoms with Crippen molar-refractivity contribution in [2.24, 2.45) is 0 Å². The van der Waals surface area contributed by atoms with E-state index in [1.165, 1.54) is 14.0 Å². The van der Waals surface area contributed by atoms with Gasteiger partial charge in [0.25, 0.3) is 0 Å². The highest BCUT2D eigenvalue weighted by molar-refractivity contribution is 14.1. The van der Waals surface area contributed by atoms with E-state index in [2.05, 4.69) is 27.6 Å². The van der Waals surface area contributed by atoms with E-state index in [1.54, 1.807) is 60.8 Å². The van der Waals surface area contributed by atoms with Crippen molar-refractivity contribution in [3.63, 3.8) is 0 Å². The number of hydrogen-bond donors (Lipinski definition) is 0. The summed E-state index contributed by atoms with van der Waals surface area (Å²) < 4.78 is 5.55. The van der Waals surface area contributed by atoms with Gasteiger partial charge in [-0.1, -0.05) is 42.5 Å². The molecule has 1 heterocycles. The SMILES string of the molecule is CC#N.COC(=O)c1ccccc1-c1c(I)cnc2c1C(=O)c1ccccc1C2=O. The maximum atomic E-state index is 13.2. The van der Waals surface area contributed by atoms with Gasteiger partial charge in [-0.3, -0.25) is 14.6 Å². The lowest BCUT2D eigenvalue weighted by atomic mass is 9.82. The van der Waals surface area contributed by atoms with Crippen LogP contribution in [-0.2, 0) is 4.74 Å². The fourth-order valence-corrected chi connectivity index (χ4v) is 3.97. The van der Waals surface area contributed by atoms with Gasteiger partial charge in [0.15, 0.2) is 5.78 Å². The van der Waals surface area contributed by atoms with E-state index in [0.717, 1.165) is 0 Å². The highest BCUT2D eigenvalue weighted by atomic mass is 127. The van der Waals surface area contributed by atoms with Crippen molar-refractivity contribution < 1.29 is 19.1 Å². The Morgan fingerprint density at radius 1 is 0.967 bits per heavy atom. The number of nitriles is 1. The number of ether oxygens (including phenoxy) is 1. The van der Waals surface area contributed by atoms with Crippen LogP contribution in [0, 0.1) is 14.9 Å². The molecule has 0 radical (unpaired) electrons. The van der Waals surface area contributed by atoms with Crippen molar-refractivity contribution in [2.45, 2.75) is 6.92 Å². The number of halogens is 1. The van der Waals surface area contributed by atoms with Gasteiger partial charge in [-0.15, -0.1) is 0 Å². The van der Waals surface area contributed by atoms with Crippen LogP contribution in [0.4, 0.5) is 0 Å². The molecule has 4 rings (SSSR count). The Kier molecular flexibility index (Phi) is 6.37. The maximum absolute atomic E-state index is 13.2. The first-order chi connectivity index (χ1) is 14.5. The molecule has 1 aliphatic carbocycles. The van der Waals surface area contributed by atoms with Crippen LogP contribution in [-0.4, -0.2) is 29.6 Å². The average molecular weight is 510 g/mol. The first-order valence-corrected chi connectivity index (χ1v) is 9.89. The molecule has 0 spiro atoms. The first-order valence-electron chi connectivity index (χ1n) is 8.81. The zero-order chi connectivity index (χ0) is 21.8. The Bertz CT molecular complexity index is 1230. The molecule has 7 heteroatoms. The van der Waals surface area contributed by atoms with Crippen molar-refractivity contribution in [3.8, 4) is 17.2 Å². The summed E-state index contributed by atoms with van der Waals surface area (Å²) >= 11 is 2.06. The summed E-state index contributed by atoms with van der Waals surface area (Å²) in [5.74, 6) is -1.09. The minimum Gasteiger partial charge on any atom is -0.465 e. The summed E-state index contributed by atoms with van der Waals surface area (Å²) in [5, 5.41) is 7.32. The maximum Gasteiger partial charge on any atom is 0.338 e. The fraction of sp³-hybridized carbons (Fsp3) is 0.0870. The number of nitrogens with zero attached hydrogens (tertiary/aromatic N) is 2. The normalized spacial score (nSPS) is 11.4. The lowest BCUT2D eigenvalue weighted by Gasteiger charge is -2.21. The highest BCUT2D eigenvalue weighted by Crippen LogP contribution is 2.37. The van der Waals surface area contributed by atoms with E-state index < -0.39 is 5.97 Å². The highest BCUT2D eigenvalue weighted by Gasteiger charge is 2.34. The number of aromatic nitrogens is 1. The molecule has 0 atom stereocenters. The van der Waals surface area contributed by atoms with Crippen molar-refractivity contribution in [1.82, 2.24) is 4.98 Å². The number of fused-ring (bicyclic) bond motifs is 2. The van der Waals surface area contributed by atoms with Crippen molar-refractivity contribution >= 4 is 40.1 Å². The smallest absolute Gasteiger partial charge is 0.338 e. The average Bonchev–Trinajstić information content (AvgIpc) is 2.77. The minimum absolute atomic E-state index is 0.105. The molecule has 30 heavy (non-hydrogen) atoms. The summed E-state index contributed by atoms with van der Waals surface area (Å²) in [6.07, 6.45) is 1.54. The molecular formula is C23H15IN2O4. The molecule has 1 aliphatic rings. The molecule has 6 nitrogen and oxygen atoms in total. The van der Waals surface area contributed by atoms with E-state index in [0.29, 0.717) is 31.4 Å². The summed E-state index contributed by atoms with van der Waals surface area (Å²) in [5.41, 5.74) is 2.40. The Balaban J connectivity index is 0.000000806. The van der Waals surface area contributed by atoms with Gasteiger partial charge in [0.2, 0.25) is 5.78 Å². The van der Waals surface area contributed by atoms with Gasteiger partial charge < -0.3 is 4.74 Å². The molecule has 0 amide bonds. The number of ketones is 2. The van der Waals surface area contributed by atoms with E-state index in [1.807, 2.05) is 0 Å². The van der Waals surface area contributed by atoms with E-state index in [4.69, 9.17) is 10.00 Å². The number of esters is 1. The molecule has 0 saturated carbocycles. The van der Waals surface area contributed by atoms with Gasteiger partial charge in [0.05, 0.1) is 24.3 Å². The third-order valence-corrected chi connectivity index (χ3v) is 5.31. The van der Waals surface area contributed by atoms with Gasteiger partial charge in [0, 0.05) is 33.4 Å². The van der Waals surface area contributed by atoms with Crippen molar-refractivity contribution in [2.75, 3.05) is 7.11 Å². The fourth-order valence-electron chi connectivity index (χ4n) is 3.28. The van der Waals surface area contributed by atoms with Crippen molar-refractivity contribution in [1.29, 1.82) is 5.26 Å². The van der Waals surface area contributed by atoms with E-state index in [-0.39, 0.29) is 22.8 Å². The summed E-state index contributed by atoms with van der Waals surface area (Å²) in [6.45, 7) is 1.43. The molecule has 0 N–H and O–H groups in total. The van der Waals surface area contributed by atoms with Crippen LogP contribution in [0.25, 0.3) is 11.1 Å². The zero-order valence-corrected chi connectivity index (χ0v) is 18.3. The lowest BCUT2D eigenvalue weighted by molar-refractivity contribution is 0.0601. The number of carbonyl (C=O) groups excluding carboxylic acids is 3. The van der Waals surface area contributed by atoms with Crippen LogP contribution in [0.5, 0.6) is 0 Å². The summed E-state index contributed by atoms with van der Waals surface area (Å²) in [4.78, 5) is 42.6. The number of methoxy groups -OCH3 is 1. The van der Waals surface area contributed by atoms with Gasteiger partial charge in [0.1, 0.15) is 5.69 Å². The molecule has 2 aromatic carbocycles. The summed E-state index contributed by atoms with van der Waals surface area (Å²) in [6, 6.07) is 15.3. The zero-order valence-electron chi connectivity index (χ0n) is 16.1. The summed E-state index contributed by atoms with van der Waals surface area (Å²) in [7, 11) is 1.30. The Morgan fingerprint density at radius 3 is 2.10 bits per heavy atom. The predicted octanol–water partition coefficient (Wildman–Crippen LogP) is 4.45. The lowest BCUT2D eigenvalue weighted by Crippen LogP contribution is -2.24. The van der Waals surface area contributed by atoms with Gasteiger partial charge in [-0.05, 0) is 34.2 Å². The molecule has 0 aliphatic heterocycles. The van der Waals surface area contributed by atoms with Gasteiger partial charge >= 0.3 is 5.97 Å². The van der Waals surface area contributed by atoms with Gasteiger partial charge in [-0.2, -0.15) is 5.26 Å². The molecule has 1 aromatic heterocycles.